The Bertz CT molecular complexity index is 384. The van der Waals surface area contributed by atoms with Gasteiger partial charge in [-0.05, 0) is 25.2 Å². The smallest absolute Gasteiger partial charge is 0.0744 e. The van der Waals surface area contributed by atoms with Gasteiger partial charge in [-0.1, -0.05) is 70.3 Å². The van der Waals surface area contributed by atoms with E-state index < -0.39 is 0 Å². The second-order valence-electron chi connectivity index (χ2n) is 6.54. The SMILES string of the molecule is CCC(CC)CC1(C2=NCC=CC=CCS2)CCCCC1. The van der Waals surface area contributed by atoms with Crippen molar-refractivity contribution in [2.75, 3.05) is 12.3 Å². The lowest BCUT2D eigenvalue weighted by molar-refractivity contribution is 0.220. The molecule has 0 unspecified atom stereocenters. The van der Waals surface area contributed by atoms with E-state index in [1.807, 2.05) is 11.8 Å². The molecule has 0 aromatic rings. The summed E-state index contributed by atoms with van der Waals surface area (Å²) in [5.74, 6) is 1.94. The van der Waals surface area contributed by atoms with Crippen molar-refractivity contribution in [1.82, 2.24) is 0 Å². The van der Waals surface area contributed by atoms with Gasteiger partial charge in [-0.15, -0.1) is 11.8 Å². The van der Waals surface area contributed by atoms with Crippen LogP contribution in [0.2, 0.25) is 0 Å². The highest BCUT2D eigenvalue weighted by atomic mass is 32.2. The molecule has 1 aliphatic carbocycles. The topological polar surface area (TPSA) is 12.4 Å². The number of hydrogen-bond donors (Lipinski definition) is 0. The molecule has 0 spiro atoms. The molecule has 21 heavy (non-hydrogen) atoms. The van der Waals surface area contributed by atoms with Crippen LogP contribution in [-0.4, -0.2) is 17.3 Å². The maximum Gasteiger partial charge on any atom is 0.0744 e. The normalized spacial score (nSPS) is 22.5. The first-order chi connectivity index (χ1) is 10.3. The molecule has 2 heteroatoms. The fourth-order valence-corrected chi connectivity index (χ4v) is 4.89. The quantitative estimate of drug-likeness (QED) is 0.605. The summed E-state index contributed by atoms with van der Waals surface area (Å²) < 4.78 is 0. The number of rotatable bonds is 5. The third-order valence-corrected chi connectivity index (χ3v) is 6.33. The molecule has 0 atom stereocenters. The lowest BCUT2D eigenvalue weighted by Gasteiger charge is -2.40. The van der Waals surface area contributed by atoms with Crippen molar-refractivity contribution in [1.29, 1.82) is 0 Å². The van der Waals surface area contributed by atoms with E-state index in [0.29, 0.717) is 5.41 Å². The molecule has 1 saturated carbocycles. The van der Waals surface area contributed by atoms with Gasteiger partial charge >= 0.3 is 0 Å². The Balaban J connectivity index is 2.20. The van der Waals surface area contributed by atoms with Gasteiger partial charge in [0.1, 0.15) is 0 Å². The van der Waals surface area contributed by atoms with Crippen LogP contribution >= 0.6 is 11.8 Å². The van der Waals surface area contributed by atoms with E-state index in [0.717, 1.165) is 18.2 Å². The molecule has 1 heterocycles. The first-order valence-corrected chi connectivity index (χ1v) is 9.78. The monoisotopic (exact) mass is 305 g/mol. The van der Waals surface area contributed by atoms with Gasteiger partial charge in [0.05, 0.1) is 11.6 Å². The fraction of sp³-hybridized carbons (Fsp3) is 0.737. The van der Waals surface area contributed by atoms with Gasteiger partial charge in [0.25, 0.3) is 0 Å². The minimum atomic E-state index is 0.394. The molecule has 0 amide bonds. The fourth-order valence-electron chi connectivity index (χ4n) is 3.77. The highest BCUT2D eigenvalue weighted by Crippen LogP contribution is 2.46. The van der Waals surface area contributed by atoms with Crippen LogP contribution in [-0.2, 0) is 0 Å². The van der Waals surface area contributed by atoms with Crippen LogP contribution in [0.5, 0.6) is 0 Å². The third-order valence-electron chi connectivity index (χ3n) is 5.14. The maximum atomic E-state index is 5.01. The first-order valence-electron chi connectivity index (χ1n) is 8.80. The van der Waals surface area contributed by atoms with Crippen LogP contribution in [0.25, 0.3) is 0 Å². The molecule has 0 aromatic carbocycles. The van der Waals surface area contributed by atoms with Gasteiger partial charge < -0.3 is 0 Å². The van der Waals surface area contributed by atoms with Crippen molar-refractivity contribution >= 4 is 16.8 Å². The predicted molar refractivity (Wildman–Crippen MR) is 97.2 cm³/mol. The van der Waals surface area contributed by atoms with Gasteiger partial charge in [0.15, 0.2) is 0 Å². The Morgan fingerprint density at radius 2 is 1.81 bits per heavy atom. The second-order valence-corrected chi connectivity index (χ2v) is 7.55. The summed E-state index contributed by atoms with van der Waals surface area (Å²) in [5, 5.41) is 1.46. The van der Waals surface area contributed by atoms with Gasteiger partial charge in [0, 0.05) is 11.2 Å². The van der Waals surface area contributed by atoms with Crippen LogP contribution in [0.3, 0.4) is 0 Å². The van der Waals surface area contributed by atoms with Gasteiger partial charge in [-0.2, -0.15) is 0 Å². The lowest BCUT2D eigenvalue weighted by atomic mass is 9.68. The zero-order chi connectivity index (χ0) is 15.0. The van der Waals surface area contributed by atoms with E-state index in [9.17, 15) is 0 Å². The van der Waals surface area contributed by atoms with Gasteiger partial charge in [-0.25, -0.2) is 0 Å². The third kappa shape index (κ3) is 4.74. The molecule has 0 radical (unpaired) electrons. The van der Waals surface area contributed by atoms with Gasteiger partial charge in [-0.3, -0.25) is 4.99 Å². The molecule has 0 aromatic heterocycles. The Labute approximate surface area is 135 Å². The minimum Gasteiger partial charge on any atom is -0.278 e. The van der Waals surface area contributed by atoms with Crippen molar-refractivity contribution in [2.45, 2.75) is 65.2 Å². The highest BCUT2D eigenvalue weighted by molar-refractivity contribution is 8.14. The summed E-state index contributed by atoms with van der Waals surface area (Å²) in [6.07, 6.45) is 19.7. The molecule has 1 nitrogen and oxygen atoms in total. The number of aliphatic imine (C=N–C) groups is 1. The van der Waals surface area contributed by atoms with Crippen molar-refractivity contribution < 1.29 is 0 Å². The average Bonchev–Trinajstić information content (AvgIpc) is 2.67. The highest BCUT2D eigenvalue weighted by Gasteiger charge is 2.38. The summed E-state index contributed by atoms with van der Waals surface area (Å²) >= 11 is 2.00. The first kappa shape index (κ1) is 16.9. The maximum absolute atomic E-state index is 5.01. The number of hydrogen-bond acceptors (Lipinski definition) is 2. The Morgan fingerprint density at radius 1 is 1.10 bits per heavy atom. The van der Waals surface area contributed by atoms with E-state index in [4.69, 9.17) is 4.99 Å². The van der Waals surface area contributed by atoms with Gasteiger partial charge in [0.2, 0.25) is 0 Å². The molecule has 0 bridgehead atoms. The molecular weight excluding hydrogens is 274 g/mol. The van der Waals surface area contributed by atoms with E-state index >= 15 is 0 Å². The van der Waals surface area contributed by atoms with Crippen LogP contribution in [0, 0.1) is 11.3 Å². The van der Waals surface area contributed by atoms with Crippen molar-refractivity contribution in [3.05, 3.63) is 24.3 Å². The molecule has 1 fully saturated rings. The van der Waals surface area contributed by atoms with Crippen molar-refractivity contribution in [3.8, 4) is 0 Å². The van der Waals surface area contributed by atoms with Crippen LogP contribution in [0.4, 0.5) is 0 Å². The van der Waals surface area contributed by atoms with Crippen LogP contribution in [0.15, 0.2) is 29.3 Å². The van der Waals surface area contributed by atoms with E-state index in [-0.39, 0.29) is 0 Å². The predicted octanol–water partition coefficient (Wildman–Crippen LogP) is 6.02. The lowest BCUT2D eigenvalue weighted by Crippen LogP contribution is -2.34. The molecule has 118 valence electrons. The van der Waals surface area contributed by atoms with Crippen molar-refractivity contribution in [3.63, 3.8) is 0 Å². The molecule has 0 N–H and O–H groups in total. The van der Waals surface area contributed by atoms with E-state index in [1.165, 1.54) is 56.4 Å². The van der Waals surface area contributed by atoms with E-state index in [1.54, 1.807) is 0 Å². The molecule has 1 aliphatic heterocycles. The molecule has 0 saturated heterocycles. The summed E-state index contributed by atoms with van der Waals surface area (Å²) in [6, 6.07) is 0. The van der Waals surface area contributed by atoms with Crippen LogP contribution in [0.1, 0.15) is 65.2 Å². The number of thioether (sulfide) groups is 1. The second kappa shape index (κ2) is 8.82. The average molecular weight is 306 g/mol. The molecular formula is C19H31NS. The van der Waals surface area contributed by atoms with Crippen molar-refractivity contribution in [2.24, 2.45) is 16.3 Å². The zero-order valence-electron chi connectivity index (χ0n) is 13.8. The largest absolute Gasteiger partial charge is 0.278 e. The zero-order valence-corrected chi connectivity index (χ0v) is 14.6. The summed E-state index contributed by atoms with van der Waals surface area (Å²) in [7, 11) is 0. The Kier molecular flexibility index (Phi) is 7.09. The Hall–Kier alpha value is -0.500. The molecule has 2 rings (SSSR count). The standard InChI is InChI=1S/C19H31NS/c1-3-17(4-2)16-19(12-8-7-9-13-19)18-20-14-10-5-6-11-15-21-18/h5-6,10-11,17H,3-4,7-9,12-16H2,1-2H3. The summed E-state index contributed by atoms with van der Waals surface area (Å²) in [5.41, 5.74) is 0.394. The Morgan fingerprint density at radius 3 is 2.52 bits per heavy atom. The van der Waals surface area contributed by atoms with Crippen LogP contribution < -0.4 is 0 Å². The summed E-state index contributed by atoms with van der Waals surface area (Å²) in [4.78, 5) is 5.01. The van der Waals surface area contributed by atoms with E-state index in [2.05, 4.69) is 38.2 Å². The minimum absolute atomic E-state index is 0.394. The number of nitrogens with zero attached hydrogens (tertiary/aromatic N) is 1. The number of allylic oxidation sites excluding steroid dienone is 2. The molecule has 2 aliphatic rings. The summed E-state index contributed by atoms with van der Waals surface area (Å²) in [6.45, 7) is 5.57.